The van der Waals surface area contributed by atoms with Crippen molar-refractivity contribution in [1.82, 2.24) is 25.1 Å². The molecule has 45 heavy (non-hydrogen) atoms. The van der Waals surface area contributed by atoms with Crippen LogP contribution in [0.1, 0.15) is 23.6 Å². The van der Waals surface area contributed by atoms with Gasteiger partial charge in [-0.2, -0.15) is 0 Å². The van der Waals surface area contributed by atoms with Gasteiger partial charge in [-0.05, 0) is 46.5 Å². The second kappa shape index (κ2) is 12.8. The van der Waals surface area contributed by atoms with Crippen LogP contribution in [0.25, 0.3) is 10.8 Å². The Morgan fingerprint density at radius 3 is 2.40 bits per heavy atom. The molecular formula is C36H37N5O4. The summed E-state index contributed by atoms with van der Waals surface area (Å²) in [4.78, 5) is 45.9. The number of nitrogens with one attached hydrogen (secondary N) is 1. The summed E-state index contributed by atoms with van der Waals surface area (Å²) >= 11 is 0. The predicted octanol–water partition coefficient (Wildman–Crippen LogP) is 4.67. The lowest BCUT2D eigenvalue weighted by Crippen LogP contribution is -2.79. The van der Waals surface area contributed by atoms with Crippen LogP contribution in [0.4, 0.5) is 4.79 Å². The monoisotopic (exact) mass is 603 g/mol. The van der Waals surface area contributed by atoms with Crippen molar-refractivity contribution in [3.8, 4) is 5.75 Å². The summed E-state index contributed by atoms with van der Waals surface area (Å²) in [6.07, 6.45) is 1.14. The lowest BCUT2D eigenvalue weighted by molar-refractivity contribution is -0.198. The van der Waals surface area contributed by atoms with Crippen molar-refractivity contribution in [1.29, 1.82) is 0 Å². The van der Waals surface area contributed by atoms with Crippen LogP contribution in [0.2, 0.25) is 0 Å². The maximum absolute atomic E-state index is 14.5. The molecule has 0 radical (unpaired) electrons. The van der Waals surface area contributed by atoms with Crippen LogP contribution in [-0.4, -0.2) is 74.1 Å². The SMILES string of the molecule is C=CCN1CC(=O)N2C([C@H](C)N(Cc3cccc4ccccc34)C(=O)[C@@H]2Cc2ccc(O)cc2)N1C(=O)NCc1ccccc1. The molecule has 1 unspecified atom stereocenters. The molecule has 6 rings (SSSR count). The van der Waals surface area contributed by atoms with Gasteiger partial charge in [-0.25, -0.2) is 14.8 Å². The molecule has 4 aromatic rings. The summed E-state index contributed by atoms with van der Waals surface area (Å²) in [5, 5.41) is 18.3. The van der Waals surface area contributed by atoms with E-state index in [9.17, 15) is 19.5 Å². The number of hydrogen-bond acceptors (Lipinski definition) is 5. The van der Waals surface area contributed by atoms with Gasteiger partial charge in [-0.15, -0.1) is 6.58 Å². The second-order valence-electron chi connectivity index (χ2n) is 11.6. The zero-order valence-electron chi connectivity index (χ0n) is 25.3. The van der Waals surface area contributed by atoms with Gasteiger partial charge in [-0.3, -0.25) is 9.59 Å². The van der Waals surface area contributed by atoms with Gasteiger partial charge < -0.3 is 20.2 Å². The molecule has 3 atom stereocenters. The first kappa shape index (κ1) is 29.9. The fraction of sp³-hybridized carbons (Fsp3) is 0.250. The van der Waals surface area contributed by atoms with Crippen molar-refractivity contribution in [3.63, 3.8) is 0 Å². The fourth-order valence-electron chi connectivity index (χ4n) is 6.50. The van der Waals surface area contributed by atoms with E-state index in [-0.39, 0.29) is 43.1 Å². The Bertz CT molecular complexity index is 1700. The van der Waals surface area contributed by atoms with E-state index in [4.69, 9.17) is 0 Å². The van der Waals surface area contributed by atoms with E-state index in [1.807, 2.05) is 79.7 Å². The molecule has 4 aromatic carbocycles. The molecule has 2 heterocycles. The third-order valence-corrected chi connectivity index (χ3v) is 8.69. The molecule has 4 amide bonds. The maximum Gasteiger partial charge on any atom is 0.334 e. The van der Waals surface area contributed by atoms with Gasteiger partial charge in [0.1, 0.15) is 18.0 Å². The Balaban J connectivity index is 1.40. The van der Waals surface area contributed by atoms with Crippen molar-refractivity contribution in [2.75, 3.05) is 13.1 Å². The molecular weight excluding hydrogens is 566 g/mol. The number of carbonyl (C=O) groups is 3. The second-order valence-corrected chi connectivity index (χ2v) is 11.6. The molecule has 0 spiro atoms. The summed E-state index contributed by atoms with van der Waals surface area (Å²) in [5.74, 6) is -0.300. The first-order chi connectivity index (χ1) is 21.9. The number of rotatable bonds is 8. The number of aromatic hydroxyl groups is 1. The summed E-state index contributed by atoms with van der Waals surface area (Å²) in [6, 6.07) is 28.6. The molecule has 2 saturated heterocycles. The molecule has 0 aromatic heterocycles. The van der Waals surface area contributed by atoms with Crippen LogP contribution in [0.5, 0.6) is 5.75 Å². The molecule has 9 heteroatoms. The molecule has 2 aliphatic rings. The third kappa shape index (κ3) is 5.99. The van der Waals surface area contributed by atoms with Crippen LogP contribution in [0.3, 0.4) is 0 Å². The van der Waals surface area contributed by atoms with Crippen molar-refractivity contribution in [2.45, 2.75) is 44.7 Å². The van der Waals surface area contributed by atoms with Crippen LogP contribution in [0, 0.1) is 0 Å². The highest BCUT2D eigenvalue weighted by atomic mass is 16.3. The number of carbonyl (C=O) groups excluding carboxylic acids is 3. The summed E-state index contributed by atoms with van der Waals surface area (Å²) in [6.45, 7) is 6.60. The minimum Gasteiger partial charge on any atom is -0.508 e. The molecule has 2 N–H and O–H groups in total. The van der Waals surface area contributed by atoms with Crippen LogP contribution in [-0.2, 0) is 29.1 Å². The highest BCUT2D eigenvalue weighted by Gasteiger charge is 2.54. The summed E-state index contributed by atoms with van der Waals surface area (Å²) in [5.41, 5.74) is 2.72. The van der Waals surface area contributed by atoms with E-state index in [1.165, 1.54) is 0 Å². The Kier molecular flexibility index (Phi) is 8.53. The third-order valence-electron chi connectivity index (χ3n) is 8.69. The standard InChI is InChI=1S/C36H37N5O4/c1-3-20-38-24-33(43)40-32(21-26-16-18-30(42)19-17-26)35(44)39(23-29-14-9-13-28-12-7-8-15-31(28)29)25(2)34(40)41(38)36(45)37-22-27-10-5-4-6-11-27/h3-19,25,32,34,42H,1,20-24H2,2H3,(H,37,45)/t25-,32-,34?/m0/s1. The van der Waals surface area contributed by atoms with E-state index in [2.05, 4.69) is 11.9 Å². The number of hydrogen-bond donors (Lipinski definition) is 2. The van der Waals surface area contributed by atoms with Crippen LogP contribution >= 0.6 is 0 Å². The number of amides is 4. The van der Waals surface area contributed by atoms with E-state index < -0.39 is 18.2 Å². The predicted molar refractivity (Wildman–Crippen MR) is 172 cm³/mol. The van der Waals surface area contributed by atoms with Gasteiger partial charge in [0.25, 0.3) is 0 Å². The number of hydrazine groups is 1. The molecule has 9 nitrogen and oxygen atoms in total. The average molecular weight is 604 g/mol. The molecule has 0 aliphatic carbocycles. The van der Waals surface area contributed by atoms with Gasteiger partial charge in [0, 0.05) is 26.1 Å². The highest BCUT2D eigenvalue weighted by molar-refractivity contribution is 5.93. The Morgan fingerprint density at radius 2 is 1.64 bits per heavy atom. The van der Waals surface area contributed by atoms with Crippen molar-refractivity contribution in [3.05, 3.63) is 126 Å². The molecule has 0 saturated carbocycles. The lowest BCUT2D eigenvalue weighted by atomic mass is 9.94. The van der Waals surface area contributed by atoms with Crippen LogP contribution < -0.4 is 5.32 Å². The Morgan fingerprint density at radius 1 is 0.933 bits per heavy atom. The summed E-state index contributed by atoms with van der Waals surface area (Å²) < 4.78 is 0. The van der Waals surface area contributed by atoms with E-state index in [0.717, 1.165) is 27.5 Å². The van der Waals surface area contributed by atoms with Crippen LogP contribution in [0.15, 0.2) is 110 Å². The average Bonchev–Trinajstić information content (AvgIpc) is 3.05. The minimum absolute atomic E-state index is 0.0727. The Labute approximate surface area is 262 Å². The highest BCUT2D eigenvalue weighted by Crippen LogP contribution is 2.34. The molecule has 2 fully saturated rings. The van der Waals surface area contributed by atoms with Gasteiger partial charge in [-0.1, -0.05) is 91.0 Å². The van der Waals surface area contributed by atoms with E-state index in [0.29, 0.717) is 13.1 Å². The number of benzene rings is 4. The molecule has 230 valence electrons. The zero-order valence-corrected chi connectivity index (χ0v) is 25.3. The Hall–Kier alpha value is -5.15. The smallest absolute Gasteiger partial charge is 0.334 e. The van der Waals surface area contributed by atoms with Crippen molar-refractivity contribution < 1.29 is 19.5 Å². The number of phenolic OH excluding ortho intramolecular Hbond substituents is 1. The van der Waals surface area contributed by atoms with E-state index >= 15 is 0 Å². The number of nitrogens with zero attached hydrogens (tertiary/aromatic N) is 4. The number of fused-ring (bicyclic) bond motifs is 2. The quantitative estimate of drug-likeness (QED) is 0.286. The van der Waals surface area contributed by atoms with Gasteiger partial charge >= 0.3 is 6.03 Å². The topological polar surface area (TPSA) is 96.4 Å². The zero-order chi connectivity index (χ0) is 31.5. The number of phenols is 1. The largest absolute Gasteiger partial charge is 0.508 e. The van der Waals surface area contributed by atoms with Gasteiger partial charge in [0.15, 0.2) is 0 Å². The molecule has 2 aliphatic heterocycles. The first-order valence-electron chi connectivity index (χ1n) is 15.2. The minimum atomic E-state index is -0.853. The first-order valence-corrected chi connectivity index (χ1v) is 15.2. The normalized spacial score (nSPS) is 20.3. The van der Waals surface area contributed by atoms with Crippen molar-refractivity contribution in [2.24, 2.45) is 0 Å². The van der Waals surface area contributed by atoms with E-state index in [1.54, 1.807) is 50.2 Å². The number of piperazine rings is 1. The van der Waals surface area contributed by atoms with Gasteiger partial charge in [0.2, 0.25) is 11.8 Å². The van der Waals surface area contributed by atoms with Crippen molar-refractivity contribution >= 4 is 28.6 Å². The summed E-state index contributed by atoms with van der Waals surface area (Å²) in [7, 11) is 0. The fourth-order valence-corrected chi connectivity index (χ4v) is 6.50. The molecule has 0 bridgehead atoms. The maximum atomic E-state index is 14.5. The lowest BCUT2D eigenvalue weighted by Gasteiger charge is -2.57. The number of urea groups is 1. The van der Waals surface area contributed by atoms with Gasteiger partial charge in [0.05, 0.1) is 12.6 Å².